The summed E-state index contributed by atoms with van der Waals surface area (Å²) in [6, 6.07) is 10.3. The molecule has 0 aliphatic heterocycles. The van der Waals surface area contributed by atoms with Gasteiger partial charge in [-0.2, -0.15) is 0 Å². The summed E-state index contributed by atoms with van der Waals surface area (Å²) in [6.07, 6.45) is 0. The van der Waals surface area contributed by atoms with Gasteiger partial charge in [-0.05, 0) is 60.4 Å². The molecule has 1 atom stereocenters. The summed E-state index contributed by atoms with van der Waals surface area (Å²) >= 11 is 17.3. The zero-order valence-corrected chi connectivity index (χ0v) is 16.0. The Morgan fingerprint density at radius 3 is 2.21 bits per heavy atom. The van der Waals surface area contributed by atoms with Crippen molar-refractivity contribution in [2.75, 3.05) is 0 Å². The van der Waals surface area contributed by atoms with Crippen LogP contribution in [-0.2, 0) is 0 Å². The number of halogens is 4. The van der Waals surface area contributed by atoms with Gasteiger partial charge in [0.25, 0.3) is 0 Å². The van der Waals surface area contributed by atoms with Gasteiger partial charge in [0.05, 0.1) is 5.38 Å². The molecule has 4 heteroatoms. The maximum absolute atomic E-state index is 6.67. The van der Waals surface area contributed by atoms with E-state index in [0.29, 0.717) is 0 Å². The Morgan fingerprint density at radius 2 is 1.53 bits per heavy atom. The molecule has 0 bridgehead atoms. The van der Waals surface area contributed by atoms with Crippen LogP contribution in [0.2, 0.25) is 0 Å². The number of alkyl halides is 1. The zero-order chi connectivity index (χ0) is 14.2. The Hall–Kier alpha value is 0.170. The second-order valence-electron chi connectivity index (χ2n) is 4.49. The first kappa shape index (κ1) is 15.6. The van der Waals surface area contributed by atoms with E-state index in [2.05, 4.69) is 79.8 Å². The monoisotopic (exact) mass is 464 g/mol. The van der Waals surface area contributed by atoms with Crippen molar-refractivity contribution >= 4 is 59.4 Å². The Balaban J connectivity index is 2.52. The van der Waals surface area contributed by atoms with Gasteiger partial charge in [-0.1, -0.05) is 53.9 Å². The Morgan fingerprint density at radius 1 is 0.842 bits per heavy atom. The van der Waals surface area contributed by atoms with E-state index in [1.807, 2.05) is 12.1 Å². The van der Waals surface area contributed by atoms with Gasteiger partial charge in [-0.3, -0.25) is 0 Å². The predicted molar refractivity (Wildman–Crippen MR) is 93.2 cm³/mol. The molecule has 1 unspecified atom stereocenters. The molecule has 0 spiro atoms. The van der Waals surface area contributed by atoms with Crippen molar-refractivity contribution in [3.63, 3.8) is 0 Å². The van der Waals surface area contributed by atoms with E-state index in [1.54, 1.807) is 0 Å². The SMILES string of the molecule is Cc1cc(C(Cl)c2cc(Br)ccc2Br)c(C)cc1Br. The predicted octanol–water partition coefficient (Wildman–Crippen LogP) is 6.92. The smallest absolute Gasteiger partial charge is 0.0849 e. The quantitative estimate of drug-likeness (QED) is 0.421. The fourth-order valence-corrected chi connectivity index (χ4v) is 3.81. The molecule has 0 radical (unpaired) electrons. The third-order valence-electron chi connectivity index (χ3n) is 3.05. The van der Waals surface area contributed by atoms with E-state index >= 15 is 0 Å². The summed E-state index contributed by atoms with van der Waals surface area (Å²) in [7, 11) is 0. The molecule has 2 rings (SSSR count). The minimum absolute atomic E-state index is 0.168. The first-order chi connectivity index (χ1) is 8.90. The van der Waals surface area contributed by atoms with Crippen LogP contribution in [0.25, 0.3) is 0 Å². The molecule has 0 heterocycles. The highest BCUT2D eigenvalue weighted by Gasteiger charge is 2.17. The lowest BCUT2D eigenvalue weighted by molar-refractivity contribution is 1.09. The number of rotatable bonds is 2. The fourth-order valence-electron chi connectivity index (χ4n) is 1.95. The van der Waals surface area contributed by atoms with Crippen LogP contribution in [0.1, 0.15) is 27.6 Å². The summed E-state index contributed by atoms with van der Waals surface area (Å²) in [5.41, 5.74) is 4.59. The summed E-state index contributed by atoms with van der Waals surface area (Å²) < 4.78 is 3.17. The van der Waals surface area contributed by atoms with Crippen LogP contribution in [0, 0.1) is 13.8 Å². The maximum Gasteiger partial charge on any atom is 0.0849 e. The molecule has 0 fully saturated rings. The third kappa shape index (κ3) is 3.44. The molecular formula is C15H12Br3Cl. The van der Waals surface area contributed by atoms with Crippen LogP contribution >= 0.6 is 59.4 Å². The Kier molecular flexibility index (Phi) is 5.15. The van der Waals surface area contributed by atoms with Gasteiger partial charge in [-0.25, -0.2) is 0 Å². The molecule has 2 aromatic carbocycles. The second-order valence-corrected chi connectivity index (χ2v) is 7.55. The van der Waals surface area contributed by atoms with Gasteiger partial charge in [0, 0.05) is 13.4 Å². The van der Waals surface area contributed by atoms with E-state index in [0.717, 1.165) is 24.5 Å². The highest BCUT2D eigenvalue weighted by molar-refractivity contribution is 9.11. The first-order valence-corrected chi connectivity index (χ1v) is 8.57. The second kappa shape index (κ2) is 6.30. The van der Waals surface area contributed by atoms with Crippen molar-refractivity contribution in [1.82, 2.24) is 0 Å². The Labute approximate surface area is 143 Å². The van der Waals surface area contributed by atoms with Crippen LogP contribution in [0.3, 0.4) is 0 Å². The lowest BCUT2D eigenvalue weighted by atomic mass is 9.98. The van der Waals surface area contributed by atoms with E-state index in [-0.39, 0.29) is 5.38 Å². The van der Waals surface area contributed by atoms with Gasteiger partial charge >= 0.3 is 0 Å². The van der Waals surface area contributed by atoms with Gasteiger partial charge in [-0.15, -0.1) is 11.6 Å². The third-order valence-corrected chi connectivity index (χ3v) is 5.59. The van der Waals surface area contributed by atoms with Crippen LogP contribution in [0.4, 0.5) is 0 Å². The van der Waals surface area contributed by atoms with E-state index in [1.165, 1.54) is 11.1 Å². The molecule has 100 valence electrons. The highest BCUT2D eigenvalue weighted by Crippen LogP contribution is 2.38. The molecule has 0 amide bonds. The van der Waals surface area contributed by atoms with Gasteiger partial charge in [0.15, 0.2) is 0 Å². The van der Waals surface area contributed by atoms with E-state index in [4.69, 9.17) is 11.6 Å². The number of aryl methyl sites for hydroxylation is 2. The molecule has 0 aromatic heterocycles. The summed E-state index contributed by atoms with van der Waals surface area (Å²) in [6.45, 7) is 4.16. The summed E-state index contributed by atoms with van der Waals surface area (Å²) in [5, 5.41) is -0.168. The normalized spacial score (nSPS) is 12.5. The molecular weight excluding hydrogens is 455 g/mol. The van der Waals surface area contributed by atoms with Crippen molar-refractivity contribution in [1.29, 1.82) is 0 Å². The molecule has 0 saturated carbocycles. The summed E-state index contributed by atoms with van der Waals surface area (Å²) in [4.78, 5) is 0. The number of hydrogen-bond acceptors (Lipinski definition) is 0. The highest BCUT2D eigenvalue weighted by atomic mass is 79.9. The van der Waals surface area contributed by atoms with Gasteiger partial charge < -0.3 is 0 Å². The van der Waals surface area contributed by atoms with Crippen molar-refractivity contribution in [2.45, 2.75) is 19.2 Å². The average molecular weight is 467 g/mol. The van der Waals surface area contributed by atoms with E-state index < -0.39 is 0 Å². The molecule has 19 heavy (non-hydrogen) atoms. The number of hydrogen-bond donors (Lipinski definition) is 0. The van der Waals surface area contributed by atoms with Crippen molar-refractivity contribution in [3.05, 3.63) is 66.0 Å². The lowest BCUT2D eigenvalue weighted by Gasteiger charge is -2.17. The molecule has 0 N–H and O–H groups in total. The van der Waals surface area contributed by atoms with Gasteiger partial charge in [0.2, 0.25) is 0 Å². The topological polar surface area (TPSA) is 0 Å². The molecule has 0 aliphatic rings. The van der Waals surface area contributed by atoms with Crippen molar-refractivity contribution < 1.29 is 0 Å². The molecule has 0 saturated heterocycles. The molecule has 0 aliphatic carbocycles. The van der Waals surface area contributed by atoms with Crippen LogP contribution in [0.5, 0.6) is 0 Å². The maximum atomic E-state index is 6.67. The standard InChI is InChI=1S/C15H12Br3Cl/c1-8-6-14(18)9(2)5-11(8)15(19)12-7-10(16)3-4-13(12)17/h3-7,15H,1-2H3. The van der Waals surface area contributed by atoms with Crippen LogP contribution in [0.15, 0.2) is 43.7 Å². The van der Waals surface area contributed by atoms with Crippen molar-refractivity contribution in [3.8, 4) is 0 Å². The van der Waals surface area contributed by atoms with Gasteiger partial charge in [0.1, 0.15) is 0 Å². The zero-order valence-electron chi connectivity index (χ0n) is 10.5. The minimum Gasteiger partial charge on any atom is -0.113 e. The largest absolute Gasteiger partial charge is 0.113 e. The summed E-state index contributed by atoms with van der Waals surface area (Å²) in [5.74, 6) is 0. The minimum atomic E-state index is -0.168. The average Bonchev–Trinajstić information content (AvgIpc) is 2.36. The Bertz CT molecular complexity index is 623. The molecule has 0 nitrogen and oxygen atoms in total. The van der Waals surface area contributed by atoms with Crippen LogP contribution < -0.4 is 0 Å². The number of benzene rings is 2. The lowest BCUT2D eigenvalue weighted by Crippen LogP contribution is -1.99. The van der Waals surface area contributed by atoms with Crippen LogP contribution in [-0.4, -0.2) is 0 Å². The molecule has 2 aromatic rings. The fraction of sp³-hybridized carbons (Fsp3) is 0.200. The van der Waals surface area contributed by atoms with E-state index in [9.17, 15) is 0 Å². The van der Waals surface area contributed by atoms with Crippen molar-refractivity contribution in [2.24, 2.45) is 0 Å². The first-order valence-electron chi connectivity index (χ1n) is 5.76.